The van der Waals surface area contributed by atoms with Gasteiger partial charge in [-0.2, -0.15) is 0 Å². The number of esters is 1. The third-order valence-electron chi connectivity index (χ3n) is 4.53. The fourth-order valence-corrected chi connectivity index (χ4v) is 3.01. The Kier molecular flexibility index (Phi) is 5.39. The number of benzene rings is 3. The van der Waals surface area contributed by atoms with Crippen LogP contribution in [0.1, 0.15) is 20.7 Å². The molecule has 1 amide bonds. The lowest BCUT2D eigenvalue weighted by Gasteiger charge is -2.09. The molecule has 0 saturated carbocycles. The van der Waals surface area contributed by atoms with E-state index in [2.05, 4.69) is 15.0 Å². The molecule has 1 N–H and O–H groups in total. The van der Waals surface area contributed by atoms with Crippen LogP contribution in [0.15, 0.2) is 89.5 Å². The molecular formula is C24H18N2O4. The molecular weight excluding hydrogens is 380 g/mol. The highest BCUT2D eigenvalue weighted by atomic mass is 16.5. The van der Waals surface area contributed by atoms with Crippen LogP contribution in [0.5, 0.6) is 0 Å². The van der Waals surface area contributed by atoms with Gasteiger partial charge in [0, 0.05) is 16.8 Å². The van der Waals surface area contributed by atoms with Gasteiger partial charge in [-0.3, -0.25) is 4.79 Å². The normalized spacial score (nSPS) is 10.4. The van der Waals surface area contributed by atoms with Gasteiger partial charge in [-0.05, 0) is 36.4 Å². The highest BCUT2D eigenvalue weighted by Gasteiger charge is 2.17. The van der Waals surface area contributed by atoms with E-state index in [0.29, 0.717) is 34.0 Å². The first-order valence-electron chi connectivity index (χ1n) is 9.26. The van der Waals surface area contributed by atoms with Crippen LogP contribution in [0.25, 0.3) is 22.8 Å². The first kappa shape index (κ1) is 19.1. The highest BCUT2D eigenvalue weighted by Crippen LogP contribution is 2.28. The smallest absolute Gasteiger partial charge is 0.337 e. The first-order chi connectivity index (χ1) is 14.7. The molecule has 0 unspecified atom stereocenters. The van der Waals surface area contributed by atoms with Crippen molar-refractivity contribution in [1.29, 1.82) is 0 Å². The van der Waals surface area contributed by atoms with Crippen molar-refractivity contribution in [3.05, 3.63) is 96.2 Å². The summed E-state index contributed by atoms with van der Waals surface area (Å²) in [5.41, 5.74) is 2.88. The van der Waals surface area contributed by atoms with Crippen molar-refractivity contribution in [2.24, 2.45) is 0 Å². The van der Waals surface area contributed by atoms with Crippen LogP contribution in [0.4, 0.5) is 5.69 Å². The van der Waals surface area contributed by atoms with E-state index in [4.69, 9.17) is 4.42 Å². The minimum absolute atomic E-state index is 0.309. The Balaban J connectivity index is 1.58. The number of methoxy groups -OCH3 is 1. The Labute approximate surface area is 173 Å². The van der Waals surface area contributed by atoms with Crippen molar-refractivity contribution in [3.8, 4) is 22.8 Å². The molecule has 0 radical (unpaired) electrons. The second-order valence-corrected chi connectivity index (χ2v) is 6.46. The number of carbonyl (C=O) groups is 2. The number of nitrogens with zero attached hydrogens (tertiary/aromatic N) is 1. The van der Waals surface area contributed by atoms with Gasteiger partial charge in [0.25, 0.3) is 5.91 Å². The van der Waals surface area contributed by atoms with Crippen molar-refractivity contribution in [2.75, 3.05) is 12.4 Å². The summed E-state index contributed by atoms with van der Waals surface area (Å²) in [7, 11) is 1.32. The average molecular weight is 398 g/mol. The number of rotatable bonds is 5. The lowest BCUT2D eigenvalue weighted by Crippen LogP contribution is -2.13. The number of anilines is 1. The van der Waals surface area contributed by atoms with Gasteiger partial charge in [0.2, 0.25) is 5.89 Å². The van der Waals surface area contributed by atoms with Gasteiger partial charge in [-0.25, -0.2) is 9.78 Å². The fraction of sp³-hybridized carbons (Fsp3) is 0.0417. The van der Waals surface area contributed by atoms with Crippen LogP contribution >= 0.6 is 0 Å². The van der Waals surface area contributed by atoms with Crippen molar-refractivity contribution >= 4 is 17.6 Å². The minimum atomic E-state index is -0.434. The Morgan fingerprint density at radius 1 is 0.900 bits per heavy atom. The van der Waals surface area contributed by atoms with Crippen LogP contribution in [0.3, 0.4) is 0 Å². The van der Waals surface area contributed by atoms with Gasteiger partial charge < -0.3 is 14.5 Å². The van der Waals surface area contributed by atoms with Crippen molar-refractivity contribution in [3.63, 3.8) is 0 Å². The molecule has 0 fully saturated rings. The largest absolute Gasteiger partial charge is 0.465 e. The van der Waals surface area contributed by atoms with E-state index in [0.717, 1.165) is 5.56 Å². The number of nitrogens with one attached hydrogen (secondary N) is 1. The summed E-state index contributed by atoms with van der Waals surface area (Å²) in [5.74, 6) is 0.243. The molecule has 0 aliphatic carbocycles. The molecule has 0 atom stereocenters. The number of hydrogen-bond donors (Lipinski definition) is 1. The zero-order valence-electron chi connectivity index (χ0n) is 16.2. The molecule has 0 aliphatic heterocycles. The van der Waals surface area contributed by atoms with E-state index in [1.165, 1.54) is 7.11 Å². The van der Waals surface area contributed by atoms with Gasteiger partial charge >= 0.3 is 5.97 Å². The van der Waals surface area contributed by atoms with Gasteiger partial charge in [0.1, 0.15) is 0 Å². The SMILES string of the molecule is COC(=O)c1ccc(NC(=O)c2ccccc2-c2ncc(-c3ccccc3)o2)cc1. The molecule has 4 rings (SSSR count). The predicted octanol–water partition coefficient (Wildman–Crippen LogP) is 5.05. The molecule has 3 aromatic carbocycles. The lowest BCUT2D eigenvalue weighted by atomic mass is 10.1. The number of carbonyl (C=O) groups excluding carboxylic acids is 2. The maximum absolute atomic E-state index is 12.9. The van der Waals surface area contributed by atoms with Crippen LogP contribution in [-0.4, -0.2) is 24.0 Å². The van der Waals surface area contributed by atoms with Crippen LogP contribution in [-0.2, 0) is 4.74 Å². The van der Waals surface area contributed by atoms with Crippen molar-refractivity contribution in [1.82, 2.24) is 4.98 Å². The van der Waals surface area contributed by atoms with E-state index in [1.807, 2.05) is 36.4 Å². The molecule has 1 aromatic heterocycles. The first-order valence-corrected chi connectivity index (χ1v) is 9.26. The maximum Gasteiger partial charge on any atom is 0.337 e. The Hall–Kier alpha value is -4.19. The van der Waals surface area contributed by atoms with Gasteiger partial charge in [0.05, 0.1) is 24.4 Å². The molecule has 1 heterocycles. The third kappa shape index (κ3) is 3.98. The van der Waals surface area contributed by atoms with E-state index >= 15 is 0 Å². The van der Waals surface area contributed by atoms with E-state index in [-0.39, 0.29) is 5.91 Å². The van der Waals surface area contributed by atoms with Crippen LogP contribution in [0.2, 0.25) is 0 Å². The zero-order valence-corrected chi connectivity index (χ0v) is 16.2. The fourth-order valence-electron chi connectivity index (χ4n) is 3.01. The summed E-state index contributed by atoms with van der Waals surface area (Å²) in [6.45, 7) is 0. The number of aromatic nitrogens is 1. The summed E-state index contributed by atoms with van der Waals surface area (Å²) in [6.07, 6.45) is 1.64. The summed E-state index contributed by atoms with van der Waals surface area (Å²) >= 11 is 0. The molecule has 6 heteroatoms. The topological polar surface area (TPSA) is 81.4 Å². The van der Waals surface area contributed by atoms with Crippen molar-refractivity contribution < 1.29 is 18.7 Å². The number of oxazole rings is 1. The molecule has 6 nitrogen and oxygen atoms in total. The highest BCUT2D eigenvalue weighted by molar-refractivity contribution is 6.08. The molecule has 30 heavy (non-hydrogen) atoms. The summed E-state index contributed by atoms with van der Waals surface area (Å²) in [6, 6.07) is 23.2. The van der Waals surface area contributed by atoms with Crippen LogP contribution < -0.4 is 5.32 Å². The number of ether oxygens (including phenoxy) is 1. The predicted molar refractivity (Wildman–Crippen MR) is 113 cm³/mol. The molecule has 148 valence electrons. The maximum atomic E-state index is 12.9. The van der Waals surface area contributed by atoms with Crippen LogP contribution in [0, 0.1) is 0 Å². The zero-order chi connectivity index (χ0) is 20.9. The number of hydrogen-bond acceptors (Lipinski definition) is 5. The molecule has 0 saturated heterocycles. The monoisotopic (exact) mass is 398 g/mol. The standard InChI is InChI=1S/C24H18N2O4/c1-29-24(28)17-11-13-18(14-12-17)26-22(27)19-9-5-6-10-20(19)23-25-15-21(30-23)16-7-3-2-4-8-16/h2-15H,1H3,(H,26,27). The van der Waals surface area contributed by atoms with Gasteiger partial charge in [-0.15, -0.1) is 0 Å². The average Bonchev–Trinajstić information content (AvgIpc) is 3.30. The quantitative estimate of drug-likeness (QED) is 0.476. The van der Waals surface area contributed by atoms with Crippen molar-refractivity contribution in [2.45, 2.75) is 0 Å². The van der Waals surface area contributed by atoms with Gasteiger partial charge in [-0.1, -0.05) is 42.5 Å². The second-order valence-electron chi connectivity index (χ2n) is 6.46. The molecule has 0 spiro atoms. The summed E-state index contributed by atoms with van der Waals surface area (Å²) < 4.78 is 10.6. The minimum Gasteiger partial charge on any atom is -0.465 e. The molecule has 0 bridgehead atoms. The second kappa shape index (κ2) is 8.45. The number of amides is 1. The summed E-state index contributed by atoms with van der Waals surface area (Å²) in [5, 5.41) is 2.83. The summed E-state index contributed by atoms with van der Waals surface area (Å²) in [4.78, 5) is 28.8. The third-order valence-corrected chi connectivity index (χ3v) is 4.53. The van der Waals surface area contributed by atoms with Gasteiger partial charge in [0.15, 0.2) is 5.76 Å². The van der Waals surface area contributed by atoms with E-state index in [9.17, 15) is 9.59 Å². The van der Waals surface area contributed by atoms with E-state index in [1.54, 1.807) is 48.7 Å². The lowest BCUT2D eigenvalue weighted by molar-refractivity contribution is 0.0600. The Morgan fingerprint density at radius 3 is 2.33 bits per heavy atom. The Morgan fingerprint density at radius 2 is 1.60 bits per heavy atom. The van der Waals surface area contributed by atoms with E-state index < -0.39 is 5.97 Å². The molecule has 0 aliphatic rings. The molecule has 4 aromatic rings. The Bertz CT molecular complexity index is 1180.